The van der Waals surface area contributed by atoms with E-state index in [9.17, 15) is 22.4 Å². The summed E-state index contributed by atoms with van der Waals surface area (Å²) in [7, 11) is -4.39. The summed E-state index contributed by atoms with van der Waals surface area (Å²) in [5.74, 6) is -1.28. The molecule has 4 rings (SSSR count). The van der Waals surface area contributed by atoms with Crippen molar-refractivity contribution in [1.82, 2.24) is 10.2 Å². The Kier molecular flexibility index (Phi) is 12.1. The molecule has 0 bridgehead atoms. The first-order valence-corrected chi connectivity index (χ1v) is 17.5. The van der Waals surface area contributed by atoms with E-state index in [0.717, 1.165) is 22.0 Å². The fraction of sp³-hybridized carbons (Fsp3) is 0.278. The fourth-order valence-electron chi connectivity index (χ4n) is 5.00. The first-order chi connectivity index (χ1) is 22.7. The number of benzene rings is 4. The van der Waals surface area contributed by atoms with Gasteiger partial charge in [0.2, 0.25) is 11.8 Å². The summed E-state index contributed by atoms with van der Waals surface area (Å²) < 4.78 is 48.8. The summed E-state index contributed by atoms with van der Waals surface area (Å²) in [4.78, 5) is 29.8. The third-order valence-corrected chi connectivity index (χ3v) is 9.77. The lowest BCUT2D eigenvalue weighted by Crippen LogP contribution is -2.56. The third-order valence-electron chi connectivity index (χ3n) is 7.28. The Morgan fingerprint density at radius 1 is 0.875 bits per heavy atom. The molecule has 0 saturated heterocycles. The maximum absolute atomic E-state index is 14.6. The molecule has 4 aromatic rings. The number of carbonyl (C=O) groups excluding carboxylic acids is 2. The summed E-state index contributed by atoms with van der Waals surface area (Å²) >= 11 is 13.1. The molecule has 0 heterocycles. The quantitative estimate of drug-likeness (QED) is 0.157. The van der Waals surface area contributed by atoms with Crippen LogP contribution in [0.25, 0.3) is 0 Å². The second-order valence-corrected chi connectivity index (χ2v) is 14.7. The molecule has 0 aliphatic carbocycles. The lowest BCUT2D eigenvalue weighted by molar-refractivity contribution is -0.140. The van der Waals surface area contributed by atoms with E-state index >= 15 is 0 Å². The maximum atomic E-state index is 14.6. The molecule has 4 aromatic carbocycles. The van der Waals surface area contributed by atoms with Gasteiger partial charge < -0.3 is 15.0 Å². The van der Waals surface area contributed by atoms with E-state index in [1.165, 1.54) is 41.3 Å². The Labute approximate surface area is 291 Å². The monoisotopic (exact) mass is 713 g/mol. The average Bonchev–Trinajstić information content (AvgIpc) is 3.03. The zero-order chi connectivity index (χ0) is 35.1. The van der Waals surface area contributed by atoms with Crippen LogP contribution in [0.1, 0.15) is 38.8 Å². The molecule has 1 unspecified atom stereocenters. The number of hydrogen-bond donors (Lipinski definition) is 1. The van der Waals surface area contributed by atoms with E-state index in [-0.39, 0.29) is 33.6 Å². The third kappa shape index (κ3) is 9.49. The molecule has 0 saturated carbocycles. The van der Waals surface area contributed by atoms with Crippen LogP contribution in [-0.2, 0) is 32.6 Å². The summed E-state index contributed by atoms with van der Waals surface area (Å²) in [5, 5.41) is 3.51. The second kappa shape index (κ2) is 15.9. The van der Waals surface area contributed by atoms with Crippen molar-refractivity contribution in [2.24, 2.45) is 0 Å². The number of sulfonamides is 1. The zero-order valence-corrected chi connectivity index (χ0v) is 29.4. The van der Waals surface area contributed by atoms with Gasteiger partial charge in [0, 0.05) is 34.1 Å². The van der Waals surface area contributed by atoms with Crippen LogP contribution < -0.4 is 14.4 Å². The van der Waals surface area contributed by atoms with E-state index in [2.05, 4.69) is 5.32 Å². The number of amides is 2. The minimum atomic E-state index is -4.39. The van der Waals surface area contributed by atoms with E-state index < -0.39 is 45.8 Å². The molecule has 8 nitrogen and oxygen atoms in total. The highest BCUT2D eigenvalue weighted by atomic mass is 35.5. The van der Waals surface area contributed by atoms with Crippen LogP contribution in [0.3, 0.4) is 0 Å². The smallest absolute Gasteiger partial charge is 0.264 e. The van der Waals surface area contributed by atoms with Crippen LogP contribution in [0.2, 0.25) is 10.0 Å². The van der Waals surface area contributed by atoms with Gasteiger partial charge in [0.25, 0.3) is 10.0 Å². The first-order valence-electron chi connectivity index (χ1n) is 15.3. The minimum absolute atomic E-state index is 0.0492. The van der Waals surface area contributed by atoms with Crippen molar-refractivity contribution in [3.63, 3.8) is 0 Å². The summed E-state index contributed by atoms with van der Waals surface area (Å²) in [5.41, 5.74) is 0.554. The molecular formula is C36H38Cl2FN3O5S. The van der Waals surface area contributed by atoms with Gasteiger partial charge in [0.15, 0.2) is 0 Å². The van der Waals surface area contributed by atoms with Crippen molar-refractivity contribution < 1.29 is 27.1 Å². The Hall–Kier alpha value is -4.12. The summed E-state index contributed by atoms with van der Waals surface area (Å²) in [6.45, 7) is 6.73. The van der Waals surface area contributed by atoms with Gasteiger partial charge in [-0.15, -0.1) is 0 Å². The Morgan fingerprint density at radius 2 is 1.48 bits per heavy atom. The van der Waals surface area contributed by atoms with E-state index in [1.54, 1.807) is 25.1 Å². The predicted molar refractivity (Wildman–Crippen MR) is 187 cm³/mol. The Bertz CT molecular complexity index is 1800. The molecule has 254 valence electrons. The van der Waals surface area contributed by atoms with Gasteiger partial charge in [-0.05, 0) is 93.9 Å². The molecule has 0 fully saturated rings. The molecule has 0 aromatic heterocycles. The molecule has 1 N–H and O–H groups in total. The van der Waals surface area contributed by atoms with Crippen molar-refractivity contribution >= 4 is 50.7 Å². The van der Waals surface area contributed by atoms with Crippen molar-refractivity contribution in [2.45, 2.75) is 57.1 Å². The number of hydrogen-bond acceptors (Lipinski definition) is 5. The van der Waals surface area contributed by atoms with Crippen molar-refractivity contribution in [3.8, 4) is 5.75 Å². The molecule has 2 amide bonds. The highest BCUT2D eigenvalue weighted by Crippen LogP contribution is 2.30. The van der Waals surface area contributed by atoms with Gasteiger partial charge in [0.05, 0.1) is 17.2 Å². The van der Waals surface area contributed by atoms with Crippen molar-refractivity contribution in [2.75, 3.05) is 17.5 Å². The normalized spacial score (nSPS) is 12.2. The Balaban J connectivity index is 1.84. The molecule has 0 aliphatic heterocycles. The number of anilines is 1. The van der Waals surface area contributed by atoms with Gasteiger partial charge >= 0.3 is 0 Å². The number of halogens is 3. The summed E-state index contributed by atoms with van der Waals surface area (Å²) in [6, 6.07) is 23.5. The number of carbonyl (C=O) groups is 2. The highest BCUT2D eigenvalue weighted by molar-refractivity contribution is 7.92. The van der Waals surface area contributed by atoms with Crippen molar-refractivity contribution in [3.05, 3.63) is 124 Å². The van der Waals surface area contributed by atoms with Crippen LogP contribution in [0, 0.1) is 5.82 Å². The van der Waals surface area contributed by atoms with E-state index in [0.29, 0.717) is 17.9 Å². The molecule has 12 heteroatoms. The van der Waals surface area contributed by atoms with Crippen LogP contribution in [0.15, 0.2) is 102 Å². The number of ether oxygens (including phenoxy) is 1. The van der Waals surface area contributed by atoms with Crippen LogP contribution in [0.5, 0.6) is 5.75 Å². The number of rotatable bonds is 13. The first kappa shape index (κ1) is 36.7. The van der Waals surface area contributed by atoms with Gasteiger partial charge in [-0.2, -0.15) is 0 Å². The highest BCUT2D eigenvalue weighted by Gasteiger charge is 2.36. The van der Waals surface area contributed by atoms with Gasteiger partial charge in [0.1, 0.15) is 24.2 Å². The topological polar surface area (TPSA) is 96.0 Å². The van der Waals surface area contributed by atoms with Gasteiger partial charge in [-0.1, -0.05) is 59.6 Å². The second-order valence-electron chi connectivity index (χ2n) is 12.1. The molecule has 48 heavy (non-hydrogen) atoms. The number of nitrogens with zero attached hydrogens (tertiary/aromatic N) is 2. The molecule has 0 aliphatic rings. The largest absolute Gasteiger partial charge is 0.494 e. The van der Waals surface area contributed by atoms with Crippen molar-refractivity contribution in [1.29, 1.82) is 0 Å². The van der Waals surface area contributed by atoms with Gasteiger partial charge in [-0.3, -0.25) is 13.9 Å². The molecule has 1 atom stereocenters. The van der Waals surface area contributed by atoms with E-state index in [1.807, 2.05) is 51.1 Å². The average molecular weight is 715 g/mol. The minimum Gasteiger partial charge on any atom is -0.494 e. The SMILES string of the molecule is CCOc1ccc(S(=O)(=O)N(CC(=O)N(Cc2c(Cl)cccc2Cl)C(Cc2ccccc2)C(=O)NC(C)(C)C)c2ccc(F)cc2)cc1. The van der Waals surface area contributed by atoms with Gasteiger partial charge in [-0.25, -0.2) is 12.8 Å². The van der Waals surface area contributed by atoms with Crippen LogP contribution >= 0.6 is 23.2 Å². The van der Waals surface area contributed by atoms with E-state index in [4.69, 9.17) is 27.9 Å². The molecule has 0 spiro atoms. The fourth-order valence-corrected chi connectivity index (χ4v) is 6.93. The van der Waals surface area contributed by atoms with Crippen LogP contribution in [0.4, 0.5) is 10.1 Å². The van der Waals surface area contributed by atoms with Crippen LogP contribution in [-0.4, -0.2) is 49.9 Å². The lowest BCUT2D eigenvalue weighted by Gasteiger charge is -2.35. The maximum Gasteiger partial charge on any atom is 0.264 e. The molecule has 0 radical (unpaired) electrons. The number of nitrogens with one attached hydrogen (secondary N) is 1. The molecular weight excluding hydrogens is 676 g/mol. The standard InChI is InChI=1S/C36H38Cl2FN3O5S/c1-5-47-28-18-20-29(21-19-28)48(45,46)42(27-16-14-26(39)15-17-27)24-34(43)41(23-30-31(37)12-9-13-32(30)38)33(35(44)40-36(2,3)4)22-25-10-7-6-8-11-25/h6-21,33H,5,22-24H2,1-4H3,(H,40,44). The Morgan fingerprint density at radius 3 is 2.04 bits per heavy atom. The lowest BCUT2D eigenvalue weighted by atomic mass is 10.0. The zero-order valence-electron chi connectivity index (χ0n) is 27.1. The predicted octanol–water partition coefficient (Wildman–Crippen LogP) is 7.28. The summed E-state index contributed by atoms with van der Waals surface area (Å²) in [6.07, 6.45) is 0.110.